The van der Waals surface area contributed by atoms with Crippen LogP contribution in [0, 0.1) is 0 Å². The number of halogens is 1. The number of imidazole rings is 1. The van der Waals surface area contributed by atoms with Crippen molar-refractivity contribution in [2.75, 3.05) is 18.0 Å². The molecular weight excluding hydrogens is 398 g/mol. The molecule has 154 valence electrons. The Morgan fingerprint density at radius 2 is 1.93 bits per heavy atom. The van der Waals surface area contributed by atoms with Crippen LogP contribution in [0.25, 0.3) is 21.9 Å². The molecule has 2 aromatic carbocycles. The van der Waals surface area contributed by atoms with E-state index in [9.17, 15) is 4.79 Å². The number of benzene rings is 2. The zero-order chi connectivity index (χ0) is 20.8. The molecule has 1 atom stereocenters. The minimum absolute atomic E-state index is 0.0594. The van der Waals surface area contributed by atoms with Gasteiger partial charge in [0.05, 0.1) is 12.1 Å². The molecule has 0 unspecified atom stereocenters. The molecule has 6 nitrogen and oxygen atoms in total. The molecule has 1 saturated heterocycles. The van der Waals surface area contributed by atoms with Crippen molar-refractivity contribution in [3.8, 4) is 0 Å². The molecule has 30 heavy (non-hydrogen) atoms. The van der Waals surface area contributed by atoms with Crippen LogP contribution in [0.4, 0.5) is 5.95 Å². The van der Waals surface area contributed by atoms with Crippen LogP contribution in [0.2, 0.25) is 5.02 Å². The number of piperidine rings is 1. The molecule has 0 saturated carbocycles. The van der Waals surface area contributed by atoms with E-state index < -0.39 is 0 Å². The lowest BCUT2D eigenvalue weighted by Gasteiger charge is -2.32. The molecule has 5 rings (SSSR count). The smallest absolute Gasteiger partial charge is 0.277 e. The lowest BCUT2D eigenvalue weighted by molar-refractivity contribution is 0.495. The maximum Gasteiger partial charge on any atom is 0.277 e. The lowest BCUT2D eigenvalue weighted by atomic mass is 10.1. The van der Waals surface area contributed by atoms with E-state index in [2.05, 4.69) is 4.90 Å². The van der Waals surface area contributed by atoms with Crippen molar-refractivity contribution in [1.29, 1.82) is 0 Å². The summed E-state index contributed by atoms with van der Waals surface area (Å²) in [5, 5.41) is 1.65. The second-order valence-electron chi connectivity index (χ2n) is 8.02. The number of aryl methyl sites for hydroxylation is 1. The number of aromatic nitrogens is 3. The minimum Gasteiger partial charge on any atom is -0.341 e. The molecule has 0 bridgehead atoms. The standard InChI is InChI=1S/C23H24ClN5O/c1-27-19-11-5-3-9-17(19)20-21(22(27)30)29(13-15-7-2-4-10-18(15)24)23(26-20)28-12-6-8-16(25)14-28/h2-5,7,9-11,16H,6,8,12-14,25H2,1H3/t16-/m1/s1. The van der Waals surface area contributed by atoms with Crippen molar-refractivity contribution in [3.05, 3.63) is 69.5 Å². The summed E-state index contributed by atoms with van der Waals surface area (Å²) in [7, 11) is 1.81. The number of rotatable bonds is 3. The normalized spacial score (nSPS) is 17.2. The van der Waals surface area contributed by atoms with Gasteiger partial charge in [-0.05, 0) is 30.5 Å². The molecule has 7 heteroatoms. The summed E-state index contributed by atoms with van der Waals surface area (Å²) in [4.78, 5) is 20.6. The Bertz CT molecular complexity index is 1310. The first-order valence-electron chi connectivity index (χ1n) is 10.3. The number of anilines is 1. The molecule has 1 fully saturated rings. The summed E-state index contributed by atoms with van der Waals surface area (Å²) in [6.45, 7) is 2.08. The Kier molecular flexibility index (Phi) is 4.76. The van der Waals surface area contributed by atoms with Crippen molar-refractivity contribution >= 4 is 39.5 Å². The zero-order valence-corrected chi connectivity index (χ0v) is 17.6. The SMILES string of the molecule is Cn1c(=O)c2c(nc(N3CCC[C@@H](N)C3)n2Cc2ccccc2Cl)c2ccccc21. The lowest BCUT2D eigenvalue weighted by Crippen LogP contribution is -2.44. The van der Waals surface area contributed by atoms with Gasteiger partial charge in [0.2, 0.25) is 5.95 Å². The maximum absolute atomic E-state index is 13.4. The predicted octanol–water partition coefficient (Wildman–Crippen LogP) is 3.52. The van der Waals surface area contributed by atoms with Gasteiger partial charge in [0.1, 0.15) is 11.0 Å². The van der Waals surface area contributed by atoms with Crippen molar-refractivity contribution < 1.29 is 0 Å². The summed E-state index contributed by atoms with van der Waals surface area (Å²) < 4.78 is 3.72. The molecule has 0 aliphatic carbocycles. The van der Waals surface area contributed by atoms with Crippen LogP contribution >= 0.6 is 11.6 Å². The van der Waals surface area contributed by atoms with E-state index in [1.165, 1.54) is 0 Å². The maximum atomic E-state index is 13.4. The van der Waals surface area contributed by atoms with Gasteiger partial charge in [-0.1, -0.05) is 48.0 Å². The van der Waals surface area contributed by atoms with Crippen LogP contribution in [0.1, 0.15) is 18.4 Å². The fourth-order valence-electron chi connectivity index (χ4n) is 4.46. The van der Waals surface area contributed by atoms with E-state index >= 15 is 0 Å². The number of hydrogen-bond donors (Lipinski definition) is 1. The molecule has 1 aliphatic heterocycles. The first-order chi connectivity index (χ1) is 14.5. The third-order valence-electron chi connectivity index (χ3n) is 6.00. The fraction of sp³-hybridized carbons (Fsp3) is 0.304. The molecule has 1 aliphatic rings. The average molecular weight is 422 g/mol. The van der Waals surface area contributed by atoms with Gasteiger partial charge in [0.15, 0.2) is 0 Å². The van der Waals surface area contributed by atoms with Crippen LogP contribution in [0.15, 0.2) is 53.3 Å². The van der Waals surface area contributed by atoms with Gasteiger partial charge < -0.3 is 19.8 Å². The summed E-state index contributed by atoms with van der Waals surface area (Å²) in [6.07, 6.45) is 2.02. The number of hydrogen-bond acceptors (Lipinski definition) is 4. The number of nitrogens with zero attached hydrogens (tertiary/aromatic N) is 4. The van der Waals surface area contributed by atoms with Gasteiger partial charge in [-0.3, -0.25) is 4.79 Å². The van der Waals surface area contributed by atoms with Gasteiger partial charge >= 0.3 is 0 Å². The van der Waals surface area contributed by atoms with E-state index in [0.717, 1.165) is 53.9 Å². The number of pyridine rings is 1. The minimum atomic E-state index is -0.0594. The summed E-state index contributed by atoms with van der Waals surface area (Å²) in [5.74, 6) is 0.786. The highest BCUT2D eigenvalue weighted by molar-refractivity contribution is 6.31. The van der Waals surface area contributed by atoms with Gasteiger partial charge in [-0.25, -0.2) is 4.98 Å². The quantitative estimate of drug-likeness (QED) is 0.549. The molecule has 2 aromatic heterocycles. The van der Waals surface area contributed by atoms with Crippen molar-refractivity contribution in [2.24, 2.45) is 12.8 Å². The van der Waals surface area contributed by atoms with Crippen LogP contribution in [-0.2, 0) is 13.6 Å². The van der Waals surface area contributed by atoms with Crippen molar-refractivity contribution in [2.45, 2.75) is 25.4 Å². The van der Waals surface area contributed by atoms with Crippen LogP contribution in [-0.4, -0.2) is 33.2 Å². The molecular formula is C23H24ClN5O. The zero-order valence-electron chi connectivity index (χ0n) is 16.9. The fourth-order valence-corrected chi connectivity index (χ4v) is 4.66. The molecule has 0 radical (unpaired) electrons. The molecule has 0 spiro atoms. The topological polar surface area (TPSA) is 69.1 Å². The second-order valence-corrected chi connectivity index (χ2v) is 8.42. The Balaban J connectivity index is 1.81. The summed E-state index contributed by atoms with van der Waals surface area (Å²) >= 11 is 6.47. The number of para-hydroxylation sites is 1. The van der Waals surface area contributed by atoms with Crippen molar-refractivity contribution in [3.63, 3.8) is 0 Å². The highest BCUT2D eigenvalue weighted by Crippen LogP contribution is 2.30. The Labute approximate surface area is 179 Å². The van der Waals surface area contributed by atoms with Gasteiger partial charge in [-0.15, -0.1) is 0 Å². The molecule has 4 aromatic rings. The number of fused-ring (bicyclic) bond motifs is 3. The Hall–Kier alpha value is -2.83. The second kappa shape index (κ2) is 7.45. The van der Waals surface area contributed by atoms with Crippen molar-refractivity contribution in [1.82, 2.24) is 14.1 Å². The predicted molar refractivity (Wildman–Crippen MR) is 122 cm³/mol. The van der Waals surface area contributed by atoms with E-state index in [-0.39, 0.29) is 11.6 Å². The van der Waals surface area contributed by atoms with E-state index in [0.29, 0.717) is 17.1 Å². The average Bonchev–Trinajstić information content (AvgIpc) is 3.13. The first-order valence-corrected chi connectivity index (χ1v) is 10.6. The number of nitrogens with two attached hydrogens (primary N) is 1. The van der Waals surface area contributed by atoms with E-state index in [4.69, 9.17) is 22.3 Å². The monoisotopic (exact) mass is 421 g/mol. The van der Waals surface area contributed by atoms with Gasteiger partial charge in [0, 0.05) is 36.6 Å². The van der Waals surface area contributed by atoms with E-state index in [1.54, 1.807) is 4.57 Å². The third kappa shape index (κ3) is 3.07. The molecule has 3 heterocycles. The first kappa shape index (κ1) is 19.2. The Morgan fingerprint density at radius 3 is 2.73 bits per heavy atom. The molecule has 0 amide bonds. The highest BCUT2D eigenvalue weighted by Gasteiger charge is 2.25. The third-order valence-corrected chi connectivity index (χ3v) is 6.37. The summed E-state index contributed by atoms with van der Waals surface area (Å²) in [6, 6.07) is 15.8. The van der Waals surface area contributed by atoms with Gasteiger partial charge in [0.25, 0.3) is 5.56 Å². The van der Waals surface area contributed by atoms with Crippen LogP contribution in [0.3, 0.4) is 0 Å². The molecule has 2 N–H and O–H groups in total. The Morgan fingerprint density at radius 1 is 1.17 bits per heavy atom. The summed E-state index contributed by atoms with van der Waals surface area (Å²) in [5.41, 5.74) is 9.37. The van der Waals surface area contributed by atoms with Gasteiger partial charge in [-0.2, -0.15) is 0 Å². The van der Waals surface area contributed by atoms with Crippen LogP contribution < -0.4 is 16.2 Å². The largest absolute Gasteiger partial charge is 0.341 e. The van der Waals surface area contributed by atoms with Crippen LogP contribution in [0.5, 0.6) is 0 Å². The van der Waals surface area contributed by atoms with E-state index in [1.807, 2.05) is 60.1 Å². The highest BCUT2D eigenvalue weighted by atomic mass is 35.5.